The molecule has 6 nitrogen and oxygen atoms in total. The molecule has 1 atom stereocenters. The van der Waals surface area contributed by atoms with Gasteiger partial charge in [-0.3, -0.25) is 9.78 Å². The number of nitrogens with zero attached hydrogens (tertiary/aromatic N) is 4. The summed E-state index contributed by atoms with van der Waals surface area (Å²) < 4.78 is 5.25. The third-order valence-corrected chi connectivity index (χ3v) is 4.74. The molecule has 0 radical (unpaired) electrons. The van der Waals surface area contributed by atoms with Crippen molar-refractivity contribution in [1.29, 1.82) is 0 Å². The van der Waals surface area contributed by atoms with Gasteiger partial charge in [-0.15, -0.1) is 0 Å². The fourth-order valence-electron chi connectivity index (χ4n) is 3.39. The van der Waals surface area contributed by atoms with E-state index in [4.69, 9.17) is 4.74 Å². The van der Waals surface area contributed by atoms with E-state index in [1.54, 1.807) is 19.5 Å². The largest absolute Gasteiger partial charge is 0.384 e. The first-order chi connectivity index (χ1) is 12.7. The second kappa shape index (κ2) is 8.76. The first kappa shape index (κ1) is 18.3. The number of piperidine rings is 1. The van der Waals surface area contributed by atoms with Crippen molar-refractivity contribution in [2.24, 2.45) is 5.92 Å². The van der Waals surface area contributed by atoms with Crippen LogP contribution in [0.1, 0.15) is 28.8 Å². The molecular formula is C20H26N4O2. The van der Waals surface area contributed by atoms with Crippen LogP contribution in [0.25, 0.3) is 0 Å². The first-order valence-electron chi connectivity index (χ1n) is 9.01. The third-order valence-electron chi connectivity index (χ3n) is 4.74. The summed E-state index contributed by atoms with van der Waals surface area (Å²) in [7, 11) is 3.70. The first-order valence-corrected chi connectivity index (χ1v) is 9.01. The second-order valence-electron chi connectivity index (χ2n) is 6.84. The second-order valence-corrected chi connectivity index (χ2v) is 6.84. The molecule has 1 fully saturated rings. The normalized spacial score (nSPS) is 17.2. The van der Waals surface area contributed by atoms with Gasteiger partial charge < -0.3 is 14.5 Å². The van der Waals surface area contributed by atoms with Crippen LogP contribution < -0.4 is 4.90 Å². The SMILES string of the molecule is COC[C@H]1CCCN(C(=O)c2ccc(N(C)Cc3cccnc3)nc2)C1. The van der Waals surface area contributed by atoms with Crippen molar-refractivity contribution < 1.29 is 9.53 Å². The minimum Gasteiger partial charge on any atom is -0.384 e. The lowest BCUT2D eigenvalue weighted by Crippen LogP contribution is -2.41. The predicted molar refractivity (Wildman–Crippen MR) is 101 cm³/mol. The monoisotopic (exact) mass is 354 g/mol. The van der Waals surface area contributed by atoms with Crippen LogP contribution in [0.3, 0.4) is 0 Å². The van der Waals surface area contributed by atoms with E-state index in [2.05, 4.69) is 9.97 Å². The Labute approximate surface area is 154 Å². The minimum absolute atomic E-state index is 0.0553. The maximum absolute atomic E-state index is 12.7. The Morgan fingerprint density at radius 3 is 2.92 bits per heavy atom. The topological polar surface area (TPSA) is 58.6 Å². The van der Waals surface area contributed by atoms with E-state index in [9.17, 15) is 4.79 Å². The highest BCUT2D eigenvalue weighted by Gasteiger charge is 2.24. The molecule has 138 valence electrons. The fourth-order valence-corrected chi connectivity index (χ4v) is 3.39. The predicted octanol–water partition coefficient (Wildman–Crippen LogP) is 2.61. The van der Waals surface area contributed by atoms with E-state index in [1.807, 2.05) is 47.3 Å². The number of carbonyl (C=O) groups is 1. The van der Waals surface area contributed by atoms with Gasteiger partial charge in [0.25, 0.3) is 5.91 Å². The lowest BCUT2D eigenvalue weighted by Gasteiger charge is -2.32. The zero-order valence-corrected chi connectivity index (χ0v) is 15.5. The summed E-state index contributed by atoms with van der Waals surface area (Å²) >= 11 is 0. The van der Waals surface area contributed by atoms with Gasteiger partial charge in [0, 0.05) is 52.4 Å². The Morgan fingerprint density at radius 2 is 2.23 bits per heavy atom. The van der Waals surface area contributed by atoms with E-state index in [0.717, 1.165) is 43.9 Å². The van der Waals surface area contributed by atoms with Gasteiger partial charge in [0.2, 0.25) is 0 Å². The van der Waals surface area contributed by atoms with Crippen LogP contribution in [0, 0.1) is 5.92 Å². The van der Waals surface area contributed by atoms with E-state index in [-0.39, 0.29) is 5.91 Å². The van der Waals surface area contributed by atoms with Crippen LogP contribution in [-0.2, 0) is 11.3 Å². The average molecular weight is 354 g/mol. The number of carbonyl (C=O) groups excluding carboxylic acids is 1. The highest BCUT2D eigenvalue weighted by Crippen LogP contribution is 2.20. The highest BCUT2D eigenvalue weighted by atomic mass is 16.5. The Bertz CT molecular complexity index is 704. The molecule has 2 aromatic heterocycles. The number of ether oxygens (including phenoxy) is 1. The maximum atomic E-state index is 12.7. The smallest absolute Gasteiger partial charge is 0.255 e. The summed E-state index contributed by atoms with van der Waals surface area (Å²) in [5, 5.41) is 0. The Morgan fingerprint density at radius 1 is 1.35 bits per heavy atom. The van der Waals surface area contributed by atoms with Crippen molar-refractivity contribution in [2.45, 2.75) is 19.4 Å². The number of methoxy groups -OCH3 is 1. The molecule has 2 aromatic rings. The number of likely N-dealkylation sites (tertiary alicyclic amines) is 1. The van der Waals surface area contributed by atoms with Gasteiger partial charge in [0.05, 0.1) is 12.2 Å². The van der Waals surface area contributed by atoms with E-state index >= 15 is 0 Å². The molecule has 26 heavy (non-hydrogen) atoms. The van der Waals surface area contributed by atoms with Crippen molar-refractivity contribution >= 4 is 11.7 Å². The lowest BCUT2D eigenvalue weighted by molar-refractivity contribution is 0.0570. The molecule has 3 heterocycles. The van der Waals surface area contributed by atoms with Gasteiger partial charge in [-0.25, -0.2) is 4.98 Å². The lowest BCUT2D eigenvalue weighted by atomic mass is 9.98. The Balaban J connectivity index is 1.62. The van der Waals surface area contributed by atoms with Crippen molar-refractivity contribution in [2.75, 3.05) is 38.8 Å². The van der Waals surface area contributed by atoms with Crippen molar-refractivity contribution in [3.8, 4) is 0 Å². The van der Waals surface area contributed by atoms with Gasteiger partial charge >= 0.3 is 0 Å². The molecule has 3 rings (SSSR count). The molecule has 0 spiro atoms. The molecule has 1 amide bonds. The van der Waals surface area contributed by atoms with Crippen molar-refractivity contribution in [3.63, 3.8) is 0 Å². The summed E-state index contributed by atoms with van der Waals surface area (Å²) in [6, 6.07) is 7.73. The average Bonchev–Trinajstić information content (AvgIpc) is 2.69. The molecule has 0 aromatic carbocycles. The van der Waals surface area contributed by atoms with Crippen molar-refractivity contribution in [1.82, 2.24) is 14.9 Å². The highest BCUT2D eigenvalue weighted by molar-refractivity contribution is 5.94. The van der Waals surface area contributed by atoms with Gasteiger partial charge in [0.15, 0.2) is 0 Å². The number of pyridine rings is 2. The number of aromatic nitrogens is 2. The van der Waals surface area contributed by atoms with Crippen LogP contribution in [-0.4, -0.2) is 54.6 Å². The fraction of sp³-hybridized carbons (Fsp3) is 0.450. The van der Waals surface area contributed by atoms with Crippen molar-refractivity contribution in [3.05, 3.63) is 54.0 Å². The summed E-state index contributed by atoms with van der Waals surface area (Å²) in [6.45, 7) is 3.00. The molecule has 0 saturated carbocycles. The molecule has 1 aliphatic heterocycles. The van der Waals surface area contributed by atoms with Crippen LogP contribution in [0.15, 0.2) is 42.9 Å². The van der Waals surface area contributed by atoms with Gasteiger partial charge in [-0.2, -0.15) is 0 Å². The number of amides is 1. The zero-order valence-electron chi connectivity index (χ0n) is 15.5. The number of anilines is 1. The molecule has 1 saturated heterocycles. The van der Waals surface area contributed by atoms with Gasteiger partial charge in [-0.05, 0) is 42.5 Å². The Hall–Kier alpha value is -2.47. The van der Waals surface area contributed by atoms with Gasteiger partial charge in [0.1, 0.15) is 5.82 Å². The van der Waals surface area contributed by atoms with Gasteiger partial charge in [-0.1, -0.05) is 6.07 Å². The quantitative estimate of drug-likeness (QED) is 0.798. The van der Waals surface area contributed by atoms with Crippen LogP contribution in [0.4, 0.5) is 5.82 Å². The standard InChI is InChI=1S/C20H26N4O2/c1-23(13-16-5-3-9-21-11-16)19-8-7-18(12-22-19)20(25)24-10-4-6-17(14-24)15-26-2/h3,5,7-9,11-12,17H,4,6,10,13-15H2,1-2H3/t17-/m0/s1. The van der Waals surface area contributed by atoms with E-state index < -0.39 is 0 Å². The molecule has 0 aliphatic carbocycles. The van der Waals surface area contributed by atoms with Crippen LogP contribution >= 0.6 is 0 Å². The molecule has 0 unspecified atom stereocenters. The minimum atomic E-state index is 0.0553. The maximum Gasteiger partial charge on any atom is 0.255 e. The summed E-state index contributed by atoms with van der Waals surface area (Å²) in [5.74, 6) is 1.32. The molecule has 0 bridgehead atoms. The molecule has 6 heteroatoms. The summed E-state index contributed by atoms with van der Waals surface area (Å²) in [6.07, 6.45) is 7.44. The van der Waals surface area contributed by atoms with Crippen LogP contribution in [0.5, 0.6) is 0 Å². The zero-order chi connectivity index (χ0) is 18.4. The molecular weight excluding hydrogens is 328 g/mol. The summed E-state index contributed by atoms with van der Waals surface area (Å²) in [5.41, 5.74) is 1.76. The molecule has 1 aliphatic rings. The summed E-state index contributed by atoms with van der Waals surface area (Å²) in [4.78, 5) is 25.3. The van der Waals surface area contributed by atoms with Crippen LogP contribution in [0.2, 0.25) is 0 Å². The third kappa shape index (κ3) is 4.58. The Kier molecular flexibility index (Phi) is 6.17. The number of hydrogen-bond acceptors (Lipinski definition) is 5. The molecule has 0 N–H and O–H groups in total. The number of rotatable bonds is 6. The van der Waals surface area contributed by atoms with E-state index in [1.165, 1.54) is 0 Å². The van der Waals surface area contributed by atoms with E-state index in [0.29, 0.717) is 18.1 Å². The number of hydrogen-bond donors (Lipinski definition) is 0.